The Kier molecular flexibility index (Phi) is 4.95. The second-order valence-corrected chi connectivity index (χ2v) is 6.97. The second-order valence-electron chi connectivity index (χ2n) is 5.59. The van der Waals surface area contributed by atoms with Gasteiger partial charge in [0.1, 0.15) is 0 Å². The van der Waals surface area contributed by atoms with Crippen molar-refractivity contribution in [2.24, 2.45) is 5.41 Å². The minimum atomic E-state index is 0.133. The minimum absolute atomic E-state index is 0.133. The van der Waals surface area contributed by atoms with Gasteiger partial charge in [-0.05, 0) is 42.9 Å². The van der Waals surface area contributed by atoms with Crippen LogP contribution in [0.1, 0.15) is 45.5 Å². The normalized spacial score (nSPS) is 13.5. The summed E-state index contributed by atoms with van der Waals surface area (Å²) < 4.78 is 0. The van der Waals surface area contributed by atoms with E-state index in [9.17, 15) is 0 Å². The van der Waals surface area contributed by atoms with Crippen LogP contribution in [0, 0.1) is 5.41 Å². The SMILES string of the molecule is CC(C)NC(=S)N[C@@H](c1cccs1)C(C)(C)C. The molecular formula is C13H22N2S2. The third kappa shape index (κ3) is 4.64. The molecule has 0 bridgehead atoms. The van der Waals surface area contributed by atoms with Crippen LogP contribution in [0.2, 0.25) is 0 Å². The Morgan fingerprint density at radius 3 is 2.35 bits per heavy atom. The number of thiocarbonyl (C=S) groups is 1. The smallest absolute Gasteiger partial charge is 0.167 e. The van der Waals surface area contributed by atoms with E-state index in [1.165, 1.54) is 4.88 Å². The summed E-state index contributed by atoms with van der Waals surface area (Å²) in [7, 11) is 0. The first-order chi connectivity index (χ1) is 7.80. The Balaban J connectivity index is 2.76. The molecule has 1 heterocycles. The zero-order valence-corrected chi connectivity index (χ0v) is 12.8. The first kappa shape index (κ1) is 14.5. The van der Waals surface area contributed by atoms with Crippen molar-refractivity contribution >= 4 is 28.7 Å². The number of rotatable bonds is 3. The highest BCUT2D eigenvalue weighted by Gasteiger charge is 2.27. The molecule has 0 aliphatic rings. The van der Waals surface area contributed by atoms with E-state index in [4.69, 9.17) is 12.2 Å². The van der Waals surface area contributed by atoms with Crippen molar-refractivity contribution in [3.8, 4) is 0 Å². The van der Waals surface area contributed by atoms with Crippen molar-refractivity contribution < 1.29 is 0 Å². The number of hydrogen-bond donors (Lipinski definition) is 2. The van der Waals surface area contributed by atoms with E-state index in [1.807, 2.05) is 0 Å². The quantitative estimate of drug-likeness (QED) is 0.819. The van der Waals surface area contributed by atoms with E-state index in [1.54, 1.807) is 11.3 Å². The summed E-state index contributed by atoms with van der Waals surface area (Å²) >= 11 is 7.10. The van der Waals surface area contributed by atoms with Gasteiger partial charge in [0.05, 0.1) is 6.04 Å². The number of thiophene rings is 1. The summed E-state index contributed by atoms with van der Waals surface area (Å²) in [6.07, 6.45) is 0. The Labute approximate surface area is 114 Å². The molecule has 0 aromatic carbocycles. The van der Waals surface area contributed by atoms with Crippen molar-refractivity contribution in [2.45, 2.75) is 46.7 Å². The van der Waals surface area contributed by atoms with Gasteiger partial charge in [-0.2, -0.15) is 0 Å². The third-order valence-corrected chi connectivity index (χ3v) is 3.56. The Morgan fingerprint density at radius 2 is 1.94 bits per heavy atom. The molecule has 1 atom stereocenters. The predicted octanol–water partition coefficient (Wildman–Crippen LogP) is 3.71. The highest BCUT2D eigenvalue weighted by Crippen LogP contribution is 2.34. The maximum absolute atomic E-state index is 5.33. The lowest BCUT2D eigenvalue weighted by molar-refractivity contribution is 0.305. The van der Waals surface area contributed by atoms with E-state index in [-0.39, 0.29) is 11.5 Å². The molecule has 2 N–H and O–H groups in total. The molecule has 0 amide bonds. The van der Waals surface area contributed by atoms with E-state index in [0.29, 0.717) is 6.04 Å². The second kappa shape index (κ2) is 5.83. The third-order valence-electron chi connectivity index (χ3n) is 2.39. The van der Waals surface area contributed by atoms with E-state index >= 15 is 0 Å². The van der Waals surface area contributed by atoms with E-state index < -0.39 is 0 Å². The molecule has 0 saturated heterocycles. The van der Waals surface area contributed by atoms with Crippen molar-refractivity contribution in [2.75, 3.05) is 0 Å². The highest BCUT2D eigenvalue weighted by molar-refractivity contribution is 7.80. The molecule has 0 radical (unpaired) electrons. The van der Waals surface area contributed by atoms with Gasteiger partial charge >= 0.3 is 0 Å². The first-order valence-electron chi connectivity index (χ1n) is 5.91. The molecule has 0 spiro atoms. The molecule has 2 nitrogen and oxygen atoms in total. The summed E-state index contributed by atoms with van der Waals surface area (Å²) in [4.78, 5) is 1.32. The molecule has 0 aliphatic carbocycles. The standard InChI is InChI=1S/C13H22N2S2/c1-9(2)14-12(16)15-11(13(3,4)5)10-7-6-8-17-10/h6-9,11H,1-5H3,(H2,14,15,16)/t11-/m0/s1. The van der Waals surface area contributed by atoms with Crippen molar-refractivity contribution in [3.05, 3.63) is 22.4 Å². The first-order valence-corrected chi connectivity index (χ1v) is 7.20. The van der Waals surface area contributed by atoms with Gasteiger partial charge in [0.2, 0.25) is 0 Å². The maximum atomic E-state index is 5.33. The van der Waals surface area contributed by atoms with Gasteiger partial charge in [0.15, 0.2) is 5.11 Å². The summed E-state index contributed by atoms with van der Waals surface area (Å²) in [5.74, 6) is 0. The molecule has 0 fully saturated rings. The van der Waals surface area contributed by atoms with Crippen LogP contribution in [-0.2, 0) is 0 Å². The molecule has 4 heteroatoms. The predicted molar refractivity (Wildman–Crippen MR) is 80.5 cm³/mol. The Morgan fingerprint density at radius 1 is 1.29 bits per heavy atom. The number of nitrogens with one attached hydrogen (secondary N) is 2. The lowest BCUT2D eigenvalue weighted by Crippen LogP contribution is -2.44. The van der Waals surface area contributed by atoms with Crippen LogP contribution >= 0.6 is 23.6 Å². The van der Waals surface area contributed by atoms with Crippen LogP contribution in [0.5, 0.6) is 0 Å². The summed E-state index contributed by atoms with van der Waals surface area (Å²) in [6.45, 7) is 10.9. The molecule has 17 heavy (non-hydrogen) atoms. The molecule has 1 aromatic heterocycles. The zero-order chi connectivity index (χ0) is 13.1. The van der Waals surface area contributed by atoms with Crippen molar-refractivity contribution in [1.29, 1.82) is 0 Å². The number of hydrogen-bond acceptors (Lipinski definition) is 2. The molecule has 96 valence electrons. The molecule has 0 aliphatic heterocycles. The van der Waals surface area contributed by atoms with Crippen LogP contribution in [0.15, 0.2) is 17.5 Å². The largest absolute Gasteiger partial charge is 0.361 e. The van der Waals surface area contributed by atoms with Crippen LogP contribution in [0.25, 0.3) is 0 Å². The Hall–Kier alpha value is -0.610. The average molecular weight is 270 g/mol. The van der Waals surface area contributed by atoms with Crippen molar-refractivity contribution in [3.63, 3.8) is 0 Å². The van der Waals surface area contributed by atoms with Gasteiger partial charge < -0.3 is 10.6 Å². The summed E-state index contributed by atoms with van der Waals surface area (Å²) in [6, 6.07) is 4.85. The van der Waals surface area contributed by atoms with Gasteiger partial charge in [0, 0.05) is 10.9 Å². The Bertz CT molecular complexity index is 350. The van der Waals surface area contributed by atoms with Crippen LogP contribution < -0.4 is 10.6 Å². The van der Waals surface area contributed by atoms with E-state index in [2.05, 4.69) is 62.8 Å². The topological polar surface area (TPSA) is 24.1 Å². The molecular weight excluding hydrogens is 248 g/mol. The maximum Gasteiger partial charge on any atom is 0.167 e. The van der Waals surface area contributed by atoms with Gasteiger partial charge in [-0.3, -0.25) is 0 Å². The van der Waals surface area contributed by atoms with Crippen LogP contribution in [0.4, 0.5) is 0 Å². The fourth-order valence-corrected chi connectivity index (χ4v) is 2.98. The minimum Gasteiger partial charge on any atom is -0.361 e. The van der Waals surface area contributed by atoms with Crippen LogP contribution in [0.3, 0.4) is 0 Å². The summed E-state index contributed by atoms with van der Waals surface area (Å²) in [5, 5.41) is 9.49. The lowest BCUT2D eigenvalue weighted by Gasteiger charge is -2.32. The zero-order valence-electron chi connectivity index (χ0n) is 11.2. The van der Waals surface area contributed by atoms with Gasteiger partial charge in [-0.25, -0.2) is 0 Å². The van der Waals surface area contributed by atoms with E-state index in [0.717, 1.165) is 5.11 Å². The average Bonchev–Trinajstić information content (AvgIpc) is 2.63. The van der Waals surface area contributed by atoms with Crippen LogP contribution in [-0.4, -0.2) is 11.2 Å². The fraction of sp³-hybridized carbons (Fsp3) is 0.615. The fourth-order valence-electron chi connectivity index (χ4n) is 1.60. The lowest BCUT2D eigenvalue weighted by atomic mass is 9.86. The molecule has 0 saturated carbocycles. The van der Waals surface area contributed by atoms with Gasteiger partial charge in [0.25, 0.3) is 0 Å². The van der Waals surface area contributed by atoms with Crippen molar-refractivity contribution in [1.82, 2.24) is 10.6 Å². The molecule has 1 aromatic rings. The molecule has 1 rings (SSSR count). The summed E-state index contributed by atoms with van der Waals surface area (Å²) in [5.41, 5.74) is 0.133. The highest BCUT2D eigenvalue weighted by atomic mass is 32.1. The van der Waals surface area contributed by atoms with Gasteiger partial charge in [-0.15, -0.1) is 11.3 Å². The van der Waals surface area contributed by atoms with Gasteiger partial charge in [-0.1, -0.05) is 26.8 Å². The monoisotopic (exact) mass is 270 g/mol. The molecule has 0 unspecified atom stereocenters.